The lowest BCUT2D eigenvalue weighted by molar-refractivity contribution is -0.255. The van der Waals surface area contributed by atoms with Gasteiger partial charge in [-0.2, -0.15) is 0 Å². The lowest BCUT2D eigenvalue weighted by Crippen LogP contribution is -2.70. The molecule has 2 aliphatic carbocycles. The number of hydrogen-bond donors (Lipinski definition) is 2. The second-order valence-corrected chi connectivity index (χ2v) is 15.5. The number of methoxy groups -OCH3 is 1. The van der Waals surface area contributed by atoms with Crippen molar-refractivity contribution in [3.63, 3.8) is 0 Å². The topological polar surface area (TPSA) is 146 Å². The standard InChI is InChI=1S/C48H60N2O10/c1-5-23-50(47(54)56-32-33-15-9-8-10-16-33)44-30-41(49-58-7-3)39-28-34(17-11-13-24-51)38(18-12-14-25-52)45-40-29-37(59-36-19-21-42(55-4)35(27-36)31-53)20-22-43(40)60-48(44,46(39)45)57-26-6-2/h6,8-10,15-16,19-22,27-29,31,34,38,44-46,51-52H,2,5,7,11-14,17-18,23-26,30,32H2,1,3-4H3. The van der Waals surface area contributed by atoms with Gasteiger partial charge in [-0.15, -0.1) is 6.58 Å². The third-order valence-electron chi connectivity index (χ3n) is 11.8. The minimum atomic E-state index is -1.41. The number of carbonyl (C=O) groups is 2. The highest BCUT2D eigenvalue weighted by Gasteiger charge is 2.65. The zero-order chi connectivity index (χ0) is 42.5. The summed E-state index contributed by atoms with van der Waals surface area (Å²) in [6.07, 6.45) is 9.71. The molecule has 3 aliphatic rings. The van der Waals surface area contributed by atoms with E-state index in [1.807, 2.05) is 62.4 Å². The molecule has 1 saturated carbocycles. The predicted molar refractivity (Wildman–Crippen MR) is 229 cm³/mol. The van der Waals surface area contributed by atoms with Crippen molar-refractivity contribution >= 4 is 18.1 Å². The Bertz CT molecular complexity index is 1970. The number of aliphatic hydroxyl groups excluding tert-OH is 2. The quantitative estimate of drug-likeness (QED) is 0.0436. The summed E-state index contributed by atoms with van der Waals surface area (Å²) >= 11 is 0. The summed E-state index contributed by atoms with van der Waals surface area (Å²) < 4.78 is 32.2. The first-order valence-electron chi connectivity index (χ1n) is 21.3. The fraction of sp³-hybridized carbons (Fsp3) is 0.479. The van der Waals surface area contributed by atoms with Crippen molar-refractivity contribution in [2.45, 2.75) is 89.6 Å². The fourth-order valence-corrected chi connectivity index (χ4v) is 9.28. The molecule has 6 unspecified atom stereocenters. The van der Waals surface area contributed by atoms with Gasteiger partial charge in [0.25, 0.3) is 0 Å². The molecule has 322 valence electrons. The van der Waals surface area contributed by atoms with Gasteiger partial charge in [-0.3, -0.25) is 9.69 Å². The fourth-order valence-electron chi connectivity index (χ4n) is 9.28. The molecular formula is C48H60N2O10. The molecule has 1 heterocycles. The molecule has 6 atom stereocenters. The van der Waals surface area contributed by atoms with Crippen molar-refractivity contribution in [1.82, 2.24) is 4.90 Å². The summed E-state index contributed by atoms with van der Waals surface area (Å²) in [4.78, 5) is 33.9. The highest BCUT2D eigenvalue weighted by molar-refractivity contribution is 6.03. The van der Waals surface area contributed by atoms with E-state index >= 15 is 0 Å². The molecule has 0 saturated heterocycles. The van der Waals surface area contributed by atoms with E-state index in [4.69, 9.17) is 33.7 Å². The maximum Gasteiger partial charge on any atom is 0.410 e. The molecule has 0 spiro atoms. The van der Waals surface area contributed by atoms with Crippen LogP contribution in [0.15, 0.2) is 96.2 Å². The summed E-state index contributed by atoms with van der Waals surface area (Å²) in [5, 5.41) is 24.6. The minimum Gasteiger partial charge on any atom is -0.496 e. The average molecular weight is 825 g/mol. The van der Waals surface area contributed by atoms with Gasteiger partial charge in [0, 0.05) is 37.7 Å². The molecule has 1 amide bonds. The molecule has 2 N–H and O–H groups in total. The highest BCUT2D eigenvalue weighted by Crippen LogP contribution is 2.62. The normalized spacial score (nSPS) is 23.3. The Morgan fingerprint density at radius 2 is 1.75 bits per heavy atom. The Balaban J connectivity index is 1.55. The van der Waals surface area contributed by atoms with Crippen LogP contribution in [-0.4, -0.2) is 85.1 Å². The second kappa shape index (κ2) is 21.4. The molecule has 3 aromatic rings. The van der Waals surface area contributed by atoms with Crippen LogP contribution in [0.5, 0.6) is 23.0 Å². The average Bonchev–Trinajstić information content (AvgIpc) is 3.27. The molecule has 3 aromatic carbocycles. The first-order valence-corrected chi connectivity index (χ1v) is 21.3. The second-order valence-electron chi connectivity index (χ2n) is 15.5. The molecule has 12 nitrogen and oxygen atoms in total. The number of hydrogen-bond acceptors (Lipinski definition) is 11. The third kappa shape index (κ3) is 9.72. The van der Waals surface area contributed by atoms with Crippen LogP contribution in [0.25, 0.3) is 0 Å². The van der Waals surface area contributed by atoms with E-state index in [1.54, 1.807) is 29.2 Å². The number of aldehydes is 1. The summed E-state index contributed by atoms with van der Waals surface area (Å²) in [5.74, 6) is 0.0500. The van der Waals surface area contributed by atoms with Gasteiger partial charge in [-0.1, -0.05) is 67.4 Å². The molecular weight excluding hydrogens is 765 g/mol. The van der Waals surface area contributed by atoms with Crippen LogP contribution in [0, 0.1) is 17.8 Å². The number of nitrogens with zero attached hydrogens (tertiary/aromatic N) is 2. The van der Waals surface area contributed by atoms with Gasteiger partial charge in [0.15, 0.2) is 6.29 Å². The van der Waals surface area contributed by atoms with Crippen molar-refractivity contribution in [3.8, 4) is 23.0 Å². The smallest absolute Gasteiger partial charge is 0.410 e. The van der Waals surface area contributed by atoms with E-state index in [0.29, 0.717) is 66.7 Å². The van der Waals surface area contributed by atoms with Gasteiger partial charge in [-0.05, 0) is 98.4 Å². The summed E-state index contributed by atoms with van der Waals surface area (Å²) in [7, 11) is 1.52. The number of oxime groups is 1. The van der Waals surface area contributed by atoms with Crippen LogP contribution < -0.4 is 14.2 Å². The van der Waals surface area contributed by atoms with E-state index in [2.05, 4.69) is 12.7 Å². The molecule has 0 radical (unpaired) electrons. The summed E-state index contributed by atoms with van der Waals surface area (Å²) in [6, 6.07) is 19.7. The van der Waals surface area contributed by atoms with Gasteiger partial charge < -0.3 is 38.7 Å². The zero-order valence-electron chi connectivity index (χ0n) is 35.1. The van der Waals surface area contributed by atoms with Gasteiger partial charge in [0.2, 0.25) is 5.79 Å². The molecule has 0 aromatic heterocycles. The first kappa shape index (κ1) is 44.4. The Kier molecular flexibility index (Phi) is 15.8. The predicted octanol–water partition coefficient (Wildman–Crippen LogP) is 9.00. The number of ether oxygens (including phenoxy) is 5. The van der Waals surface area contributed by atoms with Crippen LogP contribution in [0.3, 0.4) is 0 Å². The molecule has 6 rings (SSSR count). The summed E-state index contributed by atoms with van der Waals surface area (Å²) in [5.41, 5.74) is 3.81. The lowest BCUT2D eigenvalue weighted by Gasteiger charge is -2.59. The summed E-state index contributed by atoms with van der Waals surface area (Å²) in [6.45, 7) is 9.07. The Labute approximate surface area is 353 Å². The molecule has 12 heteroatoms. The number of unbranched alkanes of at least 4 members (excludes halogenated alkanes) is 2. The number of fused-ring (bicyclic) bond motifs is 2. The number of carbonyl (C=O) groups excluding carboxylic acids is 2. The van der Waals surface area contributed by atoms with Crippen molar-refractivity contribution < 1.29 is 48.3 Å². The minimum absolute atomic E-state index is 0.0352. The van der Waals surface area contributed by atoms with Crippen LogP contribution >= 0.6 is 0 Å². The molecule has 0 bridgehead atoms. The monoisotopic (exact) mass is 824 g/mol. The van der Waals surface area contributed by atoms with E-state index in [1.165, 1.54) is 7.11 Å². The van der Waals surface area contributed by atoms with Crippen molar-refractivity contribution in [2.24, 2.45) is 22.9 Å². The number of aliphatic hydroxyl groups is 2. The van der Waals surface area contributed by atoms with E-state index in [-0.39, 0.29) is 50.6 Å². The third-order valence-corrected chi connectivity index (χ3v) is 11.8. The Hall–Kier alpha value is -5.17. The number of benzene rings is 3. The van der Waals surface area contributed by atoms with Crippen LogP contribution in [0.2, 0.25) is 0 Å². The van der Waals surface area contributed by atoms with E-state index in [0.717, 1.165) is 48.7 Å². The van der Waals surface area contributed by atoms with Gasteiger partial charge >= 0.3 is 6.09 Å². The van der Waals surface area contributed by atoms with Crippen LogP contribution in [-0.2, 0) is 20.9 Å². The number of allylic oxidation sites excluding steroid dienone is 1. The molecule has 60 heavy (non-hydrogen) atoms. The molecule has 1 fully saturated rings. The lowest BCUT2D eigenvalue weighted by atomic mass is 9.55. The maximum absolute atomic E-state index is 14.4. The number of rotatable bonds is 22. The zero-order valence-corrected chi connectivity index (χ0v) is 35.1. The maximum atomic E-state index is 14.4. The first-order chi connectivity index (χ1) is 29.4. The van der Waals surface area contributed by atoms with Crippen molar-refractivity contribution in [3.05, 3.63) is 108 Å². The largest absolute Gasteiger partial charge is 0.496 e. The van der Waals surface area contributed by atoms with E-state index in [9.17, 15) is 19.8 Å². The highest BCUT2D eigenvalue weighted by atomic mass is 16.7. The Morgan fingerprint density at radius 3 is 2.45 bits per heavy atom. The van der Waals surface area contributed by atoms with Gasteiger partial charge in [0.05, 0.1) is 30.9 Å². The van der Waals surface area contributed by atoms with Gasteiger partial charge in [0.1, 0.15) is 42.3 Å². The Morgan fingerprint density at radius 1 is 1.00 bits per heavy atom. The van der Waals surface area contributed by atoms with Crippen LogP contribution in [0.4, 0.5) is 4.79 Å². The molecule has 1 aliphatic heterocycles. The van der Waals surface area contributed by atoms with Crippen LogP contribution in [0.1, 0.15) is 92.6 Å². The SMILES string of the molecule is C=CCOC12Oc3ccc(Oc4ccc(OC)c(C=O)c4)cc3C3C(CCCCO)C(CCCCO)C=C(C(=NOCC)CC1N(CCC)C(=O)OCc1ccccc1)C32. The van der Waals surface area contributed by atoms with Crippen molar-refractivity contribution in [2.75, 3.05) is 40.1 Å². The van der Waals surface area contributed by atoms with Gasteiger partial charge in [-0.25, -0.2) is 4.79 Å². The van der Waals surface area contributed by atoms with E-state index < -0.39 is 23.8 Å². The number of amides is 1. The van der Waals surface area contributed by atoms with Crippen molar-refractivity contribution in [1.29, 1.82) is 0 Å².